The van der Waals surface area contributed by atoms with Crippen LogP contribution >= 0.6 is 0 Å². The van der Waals surface area contributed by atoms with Crippen LogP contribution in [0, 0.1) is 0 Å². The van der Waals surface area contributed by atoms with Crippen molar-refractivity contribution < 1.29 is 4.79 Å². The third kappa shape index (κ3) is 2.76. The molecule has 110 valence electrons. The van der Waals surface area contributed by atoms with Gasteiger partial charge in [-0.2, -0.15) is 0 Å². The van der Waals surface area contributed by atoms with Crippen molar-refractivity contribution in [2.45, 2.75) is 25.8 Å². The molecule has 1 aliphatic heterocycles. The van der Waals surface area contributed by atoms with Crippen molar-refractivity contribution in [1.29, 1.82) is 0 Å². The molecule has 1 unspecified atom stereocenters. The first-order valence-corrected chi connectivity index (χ1v) is 7.66. The van der Waals surface area contributed by atoms with Crippen molar-refractivity contribution in [2.75, 3.05) is 19.6 Å². The summed E-state index contributed by atoms with van der Waals surface area (Å²) in [6.07, 6.45) is 3.78. The second kappa shape index (κ2) is 6.22. The minimum absolute atomic E-state index is 0.129. The molecule has 1 aromatic carbocycles. The third-order valence-corrected chi connectivity index (χ3v) is 4.08. The molecule has 1 atom stereocenters. The zero-order chi connectivity index (χ0) is 14.7. The van der Waals surface area contributed by atoms with Crippen LogP contribution in [0.2, 0.25) is 0 Å². The number of benzene rings is 1. The van der Waals surface area contributed by atoms with Gasteiger partial charge in [-0.3, -0.25) is 9.78 Å². The SMILES string of the molecule is CCCN(C(=O)c1cccc2ncccc12)C1CCNC1. The Bertz CT molecular complexity index is 629. The van der Waals surface area contributed by atoms with Crippen LogP contribution in [0.3, 0.4) is 0 Å². The molecule has 0 spiro atoms. The molecule has 4 nitrogen and oxygen atoms in total. The van der Waals surface area contributed by atoms with Crippen molar-refractivity contribution in [1.82, 2.24) is 15.2 Å². The number of pyridine rings is 1. The lowest BCUT2D eigenvalue weighted by Crippen LogP contribution is -2.42. The van der Waals surface area contributed by atoms with Gasteiger partial charge in [0.1, 0.15) is 0 Å². The average molecular weight is 283 g/mol. The highest BCUT2D eigenvalue weighted by atomic mass is 16.2. The average Bonchev–Trinajstić information content (AvgIpc) is 3.05. The predicted octanol–water partition coefficient (Wildman–Crippen LogP) is 2.45. The number of hydrogen-bond donors (Lipinski definition) is 1. The fourth-order valence-corrected chi connectivity index (χ4v) is 3.04. The van der Waals surface area contributed by atoms with E-state index < -0.39 is 0 Å². The van der Waals surface area contributed by atoms with Gasteiger partial charge in [0.15, 0.2) is 0 Å². The van der Waals surface area contributed by atoms with Crippen LogP contribution < -0.4 is 5.32 Å². The molecule has 1 amide bonds. The normalized spacial score (nSPS) is 18.0. The van der Waals surface area contributed by atoms with Gasteiger partial charge in [0.2, 0.25) is 0 Å². The number of rotatable bonds is 4. The Morgan fingerprint density at radius 3 is 3.05 bits per heavy atom. The minimum Gasteiger partial charge on any atom is -0.334 e. The second-order valence-corrected chi connectivity index (χ2v) is 5.52. The van der Waals surface area contributed by atoms with Crippen LogP contribution in [0.4, 0.5) is 0 Å². The Hall–Kier alpha value is -1.94. The number of aromatic nitrogens is 1. The first-order chi connectivity index (χ1) is 10.3. The first kappa shape index (κ1) is 14.0. The lowest BCUT2D eigenvalue weighted by molar-refractivity contribution is 0.0694. The highest BCUT2D eigenvalue weighted by Crippen LogP contribution is 2.21. The standard InChI is InChI=1S/C17H21N3O/c1-2-11-20(13-8-10-18-12-13)17(21)15-5-3-7-16-14(15)6-4-9-19-16/h3-7,9,13,18H,2,8,10-12H2,1H3. The fraction of sp³-hybridized carbons (Fsp3) is 0.412. The number of nitrogens with zero attached hydrogens (tertiary/aromatic N) is 2. The van der Waals surface area contributed by atoms with E-state index in [1.54, 1.807) is 6.20 Å². The van der Waals surface area contributed by atoms with E-state index in [2.05, 4.69) is 17.2 Å². The van der Waals surface area contributed by atoms with E-state index in [-0.39, 0.29) is 5.91 Å². The number of carbonyl (C=O) groups is 1. The lowest BCUT2D eigenvalue weighted by Gasteiger charge is -2.28. The minimum atomic E-state index is 0.129. The summed E-state index contributed by atoms with van der Waals surface area (Å²) < 4.78 is 0. The molecular formula is C17H21N3O. The predicted molar refractivity (Wildman–Crippen MR) is 84.3 cm³/mol. The zero-order valence-electron chi connectivity index (χ0n) is 12.4. The summed E-state index contributed by atoms with van der Waals surface area (Å²) in [7, 11) is 0. The van der Waals surface area contributed by atoms with Crippen LogP contribution in [0.5, 0.6) is 0 Å². The molecule has 1 saturated heterocycles. The molecule has 1 fully saturated rings. The van der Waals surface area contributed by atoms with E-state index in [4.69, 9.17) is 0 Å². The third-order valence-electron chi connectivity index (χ3n) is 4.08. The molecule has 1 aliphatic rings. The largest absolute Gasteiger partial charge is 0.334 e. The van der Waals surface area contributed by atoms with E-state index in [1.807, 2.05) is 35.2 Å². The van der Waals surface area contributed by atoms with Crippen molar-refractivity contribution in [2.24, 2.45) is 0 Å². The van der Waals surface area contributed by atoms with E-state index in [9.17, 15) is 4.79 Å². The van der Waals surface area contributed by atoms with Gasteiger partial charge in [0, 0.05) is 36.3 Å². The number of carbonyl (C=O) groups excluding carboxylic acids is 1. The summed E-state index contributed by atoms with van der Waals surface area (Å²) in [4.78, 5) is 19.4. The molecule has 0 bridgehead atoms. The van der Waals surface area contributed by atoms with Gasteiger partial charge in [0.05, 0.1) is 5.52 Å². The zero-order valence-corrected chi connectivity index (χ0v) is 12.4. The van der Waals surface area contributed by atoms with E-state index >= 15 is 0 Å². The van der Waals surface area contributed by atoms with Crippen LogP contribution in [0.25, 0.3) is 10.9 Å². The van der Waals surface area contributed by atoms with Gasteiger partial charge in [0.25, 0.3) is 5.91 Å². The highest BCUT2D eigenvalue weighted by Gasteiger charge is 2.27. The molecule has 0 saturated carbocycles. The molecule has 0 radical (unpaired) electrons. The van der Waals surface area contributed by atoms with Crippen molar-refractivity contribution in [3.8, 4) is 0 Å². The van der Waals surface area contributed by atoms with E-state index in [0.717, 1.165) is 48.9 Å². The van der Waals surface area contributed by atoms with Gasteiger partial charge in [-0.05, 0) is 37.6 Å². The molecule has 1 aromatic heterocycles. The maximum Gasteiger partial charge on any atom is 0.254 e. The van der Waals surface area contributed by atoms with Gasteiger partial charge in [-0.25, -0.2) is 0 Å². The number of fused-ring (bicyclic) bond motifs is 1. The summed E-state index contributed by atoms with van der Waals surface area (Å²) in [6, 6.07) is 9.96. The summed E-state index contributed by atoms with van der Waals surface area (Å²) in [5.41, 5.74) is 1.64. The first-order valence-electron chi connectivity index (χ1n) is 7.66. The van der Waals surface area contributed by atoms with Crippen molar-refractivity contribution in [3.63, 3.8) is 0 Å². The quantitative estimate of drug-likeness (QED) is 0.937. The van der Waals surface area contributed by atoms with Crippen molar-refractivity contribution in [3.05, 3.63) is 42.1 Å². The van der Waals surface area contributed by atoms with E-state index in [1.165, 1.54) is 0 Å². The lowest BCUT2D eigenvalue weighted by atomic mass is 10.1. The Morgan fingerprint density at radius 2 is 2.29 bits per heavy atom. The summed E-state index contributed by atoms with van der Waals surface area (Å²) >= 11 is 0. The molecule has 21 heavy (non-hydrogen) atoms. The van der Waals surface area contributed by atoms with Gasteiger partial charge < -0.3 is 10.2 Å². The molecule has 3 rings (SSSR count). The van der Waals surface area contributed by atoms with Crippen molar-refractivity contribution >= 4 is 16.8 Å². The molecular weight excluding hydrogens is 262 g/mol. The number of nitrogens with one attached hydrogen (secondary N) is 1. The van der Waals surface area contributed by atoms with Crippen LogP contribution in [-0.4, -0.2) is 41.5 Å². The highest BCUT2D eigenvalue weighted by molar-refractivity contribution is 6.06. The Labute approximate surface area is 125 Å². The summed E-state index contributed by atoms with van der Waals surface area (Å²) in [5.74, 6) is 0.129. The summed E-state index contributed by atoms with van der Waals surface area (Å²) in [5, 5.41) is 4.29. The maximum atomic E-state index is 13.0. The number of hydrogen-bond acceptors (Lipinski definition) is 3. The summed E-state index contributed by atoms with van der Waals surface area (Å²) in [6.45, 7) is 4.82. The Balaban J connectivity index is 1.97. The Kier molecular flexibility index (Phi) is 4.15. The van der Waals surface area contributed by atoms with Gasteiger partial charge in [-0.15, -0.1) is 0 Å². The molecule has 1 N–H and O–H groups in total. The second-order valence-electron chi connectivity index (χ2n) is 5.52. The Morgan fingerprint density at radius 1 is 1.38 bits per heavy atom. The number of amides is 1. The van der Waals surface area contributed by atoms with E-state index in [0.29, 0.717) is 6.04 Å². The topological polar surface area (TPSA) is 45.2 Å². The van der Waals surface area contributed by atoms with Crippen LogP contribution in [-0.2, 0) is 0 Å². The van der Waals surface area contributed by atoms with Gasteiger partial charge in [-0.1, -0.05) is 19.1 Å². The van der Waals surface area contributed by atoms with Gasteiger partial charge >= 0.3 is 0 Å². The van der Waals surface area contributed by atoms with Crippen LogP contribution in [0.15, 0.2) is 36.5 Å². The fourth-order valence-electron chi connectivity index (χ4n) is 3.04. The molecule has 0 aliphatic carbocycles. The molecule has 2 heterocycles. The monoisotopic (exact) mass is 283 g/mol. The smallest absolute Gasteiger partial charge is 0.254 e. The molecule has 2 aromatic rings. The van der Waals surface area contributed by atoms with Crippen LogP contribution in [0.1, 0.15) is 30.1 Å². The maximum absolute atomic E-state index is 13.0. The molecule has 4 heteroatoms.